The third-order valence-corrected chi connectivity index (χ3v) is 5.14. The van der Waals surface area contributed by atoms with Crippen LogP contribution in [0.5, 0.6) is 0 Å². The number of carbonyl (C=O) groups is 1. The van der Waals surface area contributed by atoms with Gasteiger partial charge in [-0.25, -0.2) is 0 Å². The Hall–Kier alpha value is -3.47. The van der Waals surface area contributed by atoms with E-state index in [4.69, 9.17) is 4.52 Å². The summed E-state index contributed by atoms with van der Waals surface area (Å²) < 4.78 is 6.68. The summed E-state index contributed by atoms with van der Waals surface area (Å²) >= 11 is 1.45. The van der Waals surface area contributed by atoms with E-state index in [-0.39, 0.29) is 12.5 Å². The molecule has 0 radical (unpaired) electrons. The van der Waals surface area contributed by atoms with Crippen LogP contribution < -0.4 is 5.32 Å². The maximum atomic E-state index is 12.8. The number of aryl methyl sites for hydroxylation is 1. The van der Waals surface area contributed by atoms with Crippen molar-refractivity contribution in [2.24, 2.45) is 0 Å². The lowest BCUT2D eigenvalue weighted by atomic mass is 10.1. The molecule has 0 atom stereocenters. The first-order chi connectivity index (χ1) is 13.1. The summed E-state index contributed by atoms with van der Waals surface area (Å²) in [4.78, 5) is 22.1. The third-order valence-electron chi connectivity index (χ3n) is 3.94. The van der Waals surface area contributed by atoms with Crippen LogP contribution in [0.15, 0.2) is 35.4 Å². The number of nitrogens with zero attached hydrogens (tertiary/aromatic N) is 7. The summed E-state index contributed by atoms with van der Waals surface area (Å²) in [5.74, 6) is 0.462. The van der Waals surface area contributed by atoms with Gasteiger partial charge in [-0.1, -0.05) is 5.16 Å². The molecule has 0 aromatic carbocycles. The van der Waals surface area contributed by atoms with Gasteiger partial charge in [0.25, 0.3) is 5.91 Å². The number of hydrogen-bond donors (Lipinski definition) is 1. The predicted octanol–water partition coefficient (Wildman–Crippen LogP) is 1.72. The Labute approximate surface area is 157 Å². The molecule has 0 unspecified atom stereocenters. The van der Waals surface area contributed by atoms with Crippen LogP contribution in [-0.2, 0) is 6.54 Å². The first kappa shape index (κ1) is 17.0. The summed E-state index contributed by atoms with van der Waals surface area (Å²) in [7, 11) is 0. The number of rotatable bonds is 5. The molecule has 0 saturated carbocycles. The largest absolute Gasteiger partial charge is 0.343 e. The van der Waals surface area contributed by atoms with E-state index in [2.05, 4.69) is 36.0 Å². The van der Waals surface area contributed by atoms with E-state index in [0.717, 1.165) is 16.0 Å². The van der Waals surface area contributed by atoms with Gasteiger partial charge in [-0.3, -0.25) is 9.78 Å². The maximum Gasteiger partial charge on any atom is 0.255 e. The van der Waals surface area contributed by atoms with Crippen molar-refractivity contribution in [3.63, 3.8) is 0 Å². The van der Waals surface area contributed by atoms with Crippen molar-refractivity contribution in [2.45, 2.75) is 20.4 Å². The third kappa shape index (κ3) is 3.31. The average Bonchev–Trinajstić information content (AvgIpc) is 3.42. The zero-order valence-electron chi connectivity index (χ0n) is 14.4. The zero-order chi connectivity index (χ0) is 18.8. The van der Waals surface area contributed by atoms with Gasteiger partial charge >= 0.3 is 0 Å². The molecule has 0 aliphatic heterocycles. The number of hydrogen-bond acceptors (Lipinski definition) is 9. The number of thiophene rings is 1. The molecule has 4 rings (SSSR count). The van der Waals surface area contributed by atoms with Gasteiger partial charge in [-0.05, 0) is 42.0 Å². The standard InChI is InChI=1S/C16H14N8O2S/c1-9-10(2)27-16(24-8-19-22-23-24)13(9)15(25)18-7-12-20-14(21-26-12)11-4-3-5-17-6-11/h3-6,8H,7H2,1-2H3,(H,18,25). The van der Waals surface area contributed by atoms with Crippen LogP contribution >= 0.6 is 11.3 Å². The van der Waals surface area contributed by atoms with Crippen molar-refractivity contribution >= 4 is 17.2 Å². The van der Waals surface area contributed by atoms with E-state index < -0.39 is 0 Å². The molecule has 4 aromatic rings. The Bertz CT molecular complexity index is 1070. The monoisotopic (exact) mass is 382 g/mol. The Morgan fingerprint density at radius 1 is 1.37 bits per heavy atom. The molecule has 4 aromatic heterocycles. The van der Waals surface area contributed by atoms with Crippen molar-refractivity contribution in [2.75, 3.05) is 0 Å². The number of pyridine rings is 1. The molecule has 0 aliphatic rings. The number of tetrazole rings is 1. The molecule has 27 heavy (non-hydrogen) atoms. The van der Waals surface area contributed by atoms with Crippen LogP contribution in [0, 0.1) is 13.8 Å². The summed E-state index contributed by atoms with van der Waals surface area (Å²) in [6.45, 7) is 3.94. The topological polar surface area (TPSA) is 125 Å². The van der Waals surface area contributed by atoms with E-state index in [9.17, 15) is 4.79 Å². The SMILES string of the molecule is Cc1sc(-n2cnnn2)c(C(=O)NCc2nc(-c3cccnc3)no2)c1C. The Kier molecular flexibility index (Phi) is 4.42. The average molecular weight is 382 g/mol. The summed E-state index contributed by atoms with van der Waals surface area (Å²) in [6, 6.07) is 3.62. The van der Waals surface area contributed by atoms with Crippen molar-refractivity contribution < 1.29 is 9.32 Å². The van der Waals surface area contributed by atoms with Gasteiger partial charge in [0.1, 0.15) is 11.3 Å². The highest BCUT2D eigenvalue weighted by atomic mass is 32.1. The minimum Gasteiger partial charge on any atom is -0.343 e. The summed E-state index contributed by atoms with van der Waals surface area (Å²) in [6.07, 6.45) is 4.76. The number of nitrogens with one attached hydrogen (secondary N) is 1. The van der Waals surface area contributed by atoms with Gasteiger partial charge < -0.3 is 9.84 Å². The minimum absolute atomic E-state index is 0.107. The van der Waals surface area contributed by atoms with Gasteiger partial charge in [-0.2, -0.15) is 9.67 Å². The van der Waals surface area contributed by atoms with E-state index in [0.29, 0.717) is 22.3 Å². The van der Waals surface area contributed by atoms with Gasteiger partial charge in [-0.15, -0.1) is 16.4 Å². The molecule has 0 saturated heterocycles. The molecule has 1 amide bonds. The molecule has 10 nitrogen and oxygen atoms in total. The Morgan fingerprint density at radius 2 is 2.26 bits per heavy atom. The Balaban J connectivity index is 1.52. The molecular formula is C16H14N8O2S. The van der Waals surface area contributed by atoms with Gasteiger partial charge in [0.05, 0.1) is 12.1 Å². The van der Waals surface area contributed by atoms with Gasteiger partial charge in [0.15, 0.2) is 0 Å². The van der Waals surface area contributed by atoms with Crippen molar-refractivity contribution in [3.8, 4) is 16.4 Å². The van der Waals surface area contributed by atoms with Crippen LogP contribution in [0.1, 0.15) is 26.7 Å². The van der Waals surface area contributed by atoms with E-state index in [1.807, 2.05) is 19.9 Å². The molecule has 11 heteroatoms. The molecule has 136 valence electrons. The molecule has 0 fully saturated rings. The van der Waals surface area contributed by atoms with Crippen LogP contribution in [0.2, 0.25) is 0 Å². The van der Waals surface area contributed by atoms with Crippen molar-refractivity contribution in [1.82, 2.24) is 40.6 Å². The molecule has 0 aliphatic carbocycles. The fourth-order valence-corrected chi connectivity index (χ4v) is 3.55. The fourth-order valence-electron chi connectivity index (χ4n) is 2.48. The van der Waals surface area contributed by atoms with Crippen LogP contribution in [0.4, 0.5) is 0 Å². The fraction of sp³-hybridized carbons (Fsp3) is 0.188. The number of aromatic nitrogens is 7. The summed E-state index contributed by atoms with van der Waals surface area (Å²) in [5, 5.41) is 18.5. The molecule has 0 bridgehead atoms. The second-order valence-corrected chi connectivity index (χ2v) is 6.86. The highest BCUT2D eigenvalue weighted by molar-refractivity contribution is 7.15. The Morgan fingerprint density at radius 3 is 3.00 bits per heavy atom. The molecule has 1 N–H and O–H groups in total. The molecule has 4 heterocycles. The van der Waals surface area contributed by atoms with Crippen LogP contribution in [0.3, 0.4) is 0 Å². The van der Waals surface area contributed by atoms with E-state index in [1.54, 1.807) is 18.5 Å². The van der Waals surface area contributed by atoms with E-state index in [1.165, 1.54) is 22.3 Å². The van der Waals surface area contributed by atoms with E-state index >= 15 is 0 Å². The van der Waals surface area contributed by atoms with Crippen LogP contribution in [-0.4, -0.2) is 41.2 Å². The number of amides is 1. The second kappa shape index (κ2) is 7.03. The molecule has 0 spiro atoms. The minimum atomic E-state index is -0.261. The first-order valence-electron chi connectivity index (χ1n) is 7.98. The second-order valence-electron chi connectivity index (χ2n) is 5.65. The highest BCUT2D eigenvalue weighted by Crippen LogP contribution is 2.30. The number of carbonyl (C=O) groups excluding carboxylic acids is 1. The predicted molar refractivity (Wildman–Crippen MR) is 95.2 cm³/mol. The quantitative estimate of drug-likeness (QED) is 0.553. The summed E-state index contributed by atoms with van der Waals surface area (Å²) in [5.41, 5.74) is 2.14. The lowest BCUT2D eigenvalue weighted by Crippen LogP contribution is -2.24. The lowest BCUT2D eigenvalue weighted by Gasteiger charge is -2.05. The van der Waals surface area contributed by atoms with Crippen molar-refractivity contribution in [3.05, 3.63) is 52.7 Å². The molecular weight excluding hydrogens is 368 g/mol. The highest BCUT2D eigenvalue weighted by Gasteiger charge is 2.22. The van der Waals surface area contributed by atoms with Gasteiger partial charge in [0, 0.05) is 22.8 Å². The van der Waals surface area contributed by atoms with Crippen molar-refractivity contribution in [1.29, 1.82) is 0 Å². The normalized spacial score (nSPS) is 10.9. The zero-order valence-corrected chi connectivity index (χ0v) is 15.3. The van der Waals surface area contributed by atoms with Crippen LogP contribution in [0.25, 0.3) is 16.4 Å². The first-order valence-corrected chi connectivity index (χ1v) is 8.79. The maximum absolute atomic E-state index is 12.8. The smallest absolute Gasteiger partial charge is 0.255 e. The lowest BCUT2D eigenvalue weighted by molar-refractivity contribution is 0.0946. The van der Waals surface area contributed by atoms with Gasteiger partial charge in [0.2, 0.25) is 11.7 Å².